The van der Waals surface area contributed by atoms with Gasteiger partial charge in [0.1, 0.15) is 0 Å². The lowest BCUT2D eigenvalue weighted by Crippen LogP contribution is -2.32. The summed E-state index contributed by atoms with van der Waals surface area (Å²) in [6.45, 7) is 1.82. The predicted molar refractivity (Wildman–Crippen MR) is 68.2 cm³/mol. The van der Waals surface area contributed by atoms with E-state index in [1.807, 2.05) is 0 Å². The first-order chi connectivity index (χ1) is 9.40. The third-order valence-electron chi connectivity index (χ3n) is 3.90. The van der Waals surface area contributed by atoms with Gasteiger partial charge in [-0.2, -0.15) is 13.2 Å². The fourth-order valence-corrected chi connectivity index (χ4v) is 2.67. The standard InChI is InChI=1S/C15H17F3O2/c1-2-20-13(19)10-12(11-6-4-3-5-7-11)14(8-9-14)15(16,17)18/h3-7,12H,2,8-10H2,1H3/t12-/m1/s1. The second-order valence-corrected chi connectivity index (χ2v) is 5.13. The fraction of sp³-hybridized carbons (Fsp3) is 0.533. The minimum atomic E-state index is -4.29. The number of esters is 1. The SMILES string of the molecule is CCOC(=O)C[C@H](c1ccccc1)C1(C(F)(F)F)CC1. The van der Waals surface area contributed by atoms with Crippen LogP contribution in [0.2, 0.25) is 0 Å². The molecule has 1 saturated carbocycles. The van der Waals surface area contributed by atoms with E-state index < -0.39 is 23.5 Å². The molecular formula is C15H17F3O2. The first-order valence-corrected chi connectivity index (χ1v) is 6.68. The van der Waals surface area contributed by atoms with Crippen molar-refractivity contribution in [2.75, 3.05) is 6.61 Å². The molecule has 1 aromatic carbocycles. The minimum Gasteiger partial charge on any atom is -0.466 e. The molecule has 1 aromatic rings. The van der Waals surface area contributed by atoms with E-state index in [-0.39, 0.29) is 25.9 Å². The van der Waals surface area contributed by atoms with Crippen molar-refractivity contribution in [3.05, 3.63) is 35.9 Å². The van der Waals surface area contributed by atoms with Crippen molar-refractivity contribution in [3.63, 3.8) is 0 Å². The van der Waals surface area contributed by atoms with Crippen molar-refractivity contribution in [3.8, 4) is 0 Å². The number of halogens is 3. The molecule has 0 heterocycles. The van der Waals surface area contributed by atoms with E-state index in [1.54, 1.807) is 37.3 Å². The third kappa shape index (κ3) is 2.81. The van der Waals surface area contributed by atoms with Gasteiger partial charge in [0.15, 0.2) is 0 Å². The molecule has 1 fully saturated rings. The number of alkyl halides is 3. The molecule has 0 amide bonds. The van der Waals surface area contributed by atoms with E-state index in [0.717, 1.165) is 0 Å². The molecule has 0 aromatic heterocycles. The van der Waals surface area contributed by atoms with Crippen molar-refractivity contribution in [1.82, 2.24) is 0 Å². The second-order valence-electron chi connectivity index (χ2n) is 5.13. The summed E-state index contributed by atoms with van der Waals surface area (Å²) in [7, 11) is 0. The van der Waals surface area contributed by atoms with Crippen molar-refractivity contribution in [2.45, 2.75) is 38.3 Å². The molecule has 110 valence electrons. The lowest BCUT2D eigenvalue weighted by Gasteiger charge is -2.29. The molecule has 0 radical (unpaired) electrons. The topological polar surface area (TPSA) is 26.3 Å². The van der Waals surface area contributed by atoms with Crippen LogP contribution in [0.15, 0.2) is 30.3 Å². The van der Waals surface area contributed by atoms with Crippen LogP contribution < -0.4 is 0 Å². The normalized spacial score (nSPS) is 18.4. The van der Waals surface area contributed by atoms with Crippen molar-refractivity contribution >= 4 is 5.97 Å². The van der Waals surface area contributed by atoms with Gasteiger partial charge in [-0.15, -0.1) is 0 Å². The van der Waals surface area contributed by atoms with E-state index in [1.165, 1.54) is 0 Å². The maximum Gasteiger partial charge on any atom is 0.395 e. The Balaban J connectivity index is 2.29. The molecule has 5 heteroatoms. The summed E-state index contributed by atoms with van der Waals surface area (Å²) in [5.41, 5.74) is -1.21. The highest BCUT2D eigenvalue weighted by atomic mass is 19.4. The van der Waals surface area contributed by atoms with Gasteiger partial charge in [-0.1, -0.05) is 30.3 Å². The molecule has 2 nitrogen and oxygen atoms in total. The first kappa shape index (κ1) is 14.9. The van der Waals surface area contributed by atoms with E-state index in [2.05, 4.69) is 0 Å². The predicted octanol–water partition coefficient (Wildman–Crippen LogP) is 4.07. The van der Waals surface area contributed by atoms with Crippen molar-refractivity contribution in [1.29, 1.82) is 0 Å². The molecule has 0 aliphatic heterocycles. The molecule has 0 saturated heterocycles. The summed E-state index contributed by atoms with van der Waals surface area (Å²) >= 11 is 0. The molecule has 0 unspecified atom stereocenters. The van der Waals surface area contributed by atoms with Crippen LogP contribution in [0.1, 0.15) is 37.7 Å². The number of hydrogen-bond donors (Lipinski definition) is 0. The molecule has 1 aliphatic carbocycles. The van der Waals surface area contributed by atoms with E-state index in [9.17, 15) is 18.0 Å². The molecule has 0 bridgehead atoms. The van der Waals surface area contributed by atoms with Crippen LogP contribution in [0.25, 0.3) is 0 Å². The summed E-state index contributed by atoms with van der Waals surface area (Å²) in [5, 5.41) is 0. The van der Waals surface area contributed by atoms with Crippen LogP contribution in [-0.2, 0) is 9.53 Å². The Labute approximate surface area is 115 Å². The zero-order valence-electron chi connectivity index (χ0n) is 11.2. The molecular weight excluding hydrogens is 269 g/mol. The van der Waals surface area contributed by atoms with E-state index >= 15 is 0 Å². The highest BCUT2D eigenvalue weighted by Gasteiger charge is 2.67. The van der Waals surface area contributed by atoms with Crippen LogP contribution in [0.3, 0.4) is 0 Å². The van der Waals surface area contributed by atoms with Gasteiger partial charge in [-0.3, -0.25) is 4.79 Å². The third-order valence-corrected chi connectivity index (χ3v) is 3.90. The van der Waals surface area contributed by atoms with Crippen LogP contribution in [0, 0.1) is 5.41 Å². The lowest BCUT2D eigenvalue weighted by molar-refractivity contribution is -0.195. The smallest absolute Gasteiger partial charge is 0.395 e. The molecule has 1 atom stereocenters. The highest BCUT2D eigenvalue weighted by Crippen LogP contribution is 2.66. The summed E-state index contributed by atoms with van der Waals surface area (Å²) in [6, 6.07) is 8.43. The number of carbonyl (C=O) groups excluding carboxylic acids is 1. The van der Waals surface area contributed by atoms with Gasteiger partial charge in [0.2, 0.25) is 0 Å². The number of ether oxygens (including phenoxy) is 1. The van der Waals surface area contributed by atoms with Gasteiger partial charge in [0.25, 0.3) is 0 Å². The Morgan fingerprint density at radius 3 is 2.35 bits per heavy atom. The molecule has 0 N–H and O–H groups in total. The average Bonchev–Trinajstić information content (AvgIpc) is 3.18. The molecule has 20 heavy (non-hydrogen) atoms. The van der Waals surface area contributed by atoms with E-state index in [4.69, 9.17) is 4.74 Å². The number of rotatable bonds is 5. The zero-order chi connectivity index (χ0) is 14.8. The summed E-state index contributed by atoms with van der Waals surface area (Å²) in [5.74, 6) is -1.43. The van der Waals surface area contributed by atoms with Crippen LogP contribution >= 0.6 is 0 Å². The van der Waals surface area contributed by atoms with Crippen LogP contribution in [0.4, 0.5) is 13.2 Å². The van der Waals surface area contributed by atoms with Gasteiger partial charge in [-0.05, 0) is 25.3 Å². The fourth-order valence-electron chi connectivity index (χ4n) is 2.67. The molecule has 1 aliphatic rings. The van der Waals surface area contributed by atoms with Crippen LogP contribution in [0.5, 0.6) is 0 Å². The quantitative estimate of drug-likeness (QED) is 0.763. The van der Waals surface area contributed by atoms with E-state index in [0.29, 0.717) is 5.56 Å². The van der Waals surface area contributed by atoms with Crippen molar-refractivity contribution < 1.29 is 22.7 Å². The zero-order valence-corrected chi connectivity index (χ0v) is 11.2. The molecule has 2 rings (SSSR count). The van der Waals surface area contributed by atoms with Gasteiger partial charge < -0.3 is 4.74 Å². The summed E-state index contributed by atoms with van der Waals surface area (Å²) in [6.07, 6.45) is -4.36. The van der Waals surface area contributed by atoms with Gasteiger partial charge in [0, 0.05) is 5.92 Å². The minimum absolute atomic E-state index is 0.0788. The monoisotopic (exact) mass is 286 g/mol. The average molecular weight is 286 g/mol. The molecule has 0 spiro atoms. The maximum atomic E-state index is 13.3. The Kier molecular flexibility index (Phi) is 4.06. The van der Waals surface area contributed by atoms with Crippen molar-refractivity contribution in [2.24, 2.45) is 5.41 Å². The maximum absolute atomic E-state index is 13.3. The summed E-state index contributed by atoms with van der Waals surface area (Å²) < 4.78 is 44.8. The Morgan fingerprint density at radius 1 is 1.30 bits per heavy atom. The largest absolute Gasteiger partial charge is 0.466 e. The Bertz CT molecular complexity index is 464. The van der Waals surface area contributed by atoms with Gasteiger partial charge >= 0.3 is 12.1 Å². The Hall–Kier alpha value is -1.52. The summed E-state index contributed by atoms with van der Waals surface area (Å²) in [4.78, 5) is 11.6. The van der Waals surface area contributed by atoms with Gasteiger partial charge in [0.05, 0.1) is 18.4 Å². The number of hydrogen-bond acceptors (Lipinski definition) is 2. The van der Waals surface area contributed by atoms with Gasteiger partial charge in [-0.25, -0.2) is 0 Å². The lowest BCUT2D eigenvalue weighted by atomic mass is 9.80. The first-order valence-electron chi connectivity index (χ1n) is 6.68. The van der Waals surface area contributed by atoms with Crippen LogP contribution in [-0.4, -0.2) is 18.8 Å². The highest BCUT2D eigenvalue weighted by molar-refractivity contribution is 5.71. The number of carbonyl (C=O) groups is 1. The Morgan fingerprint density at radius 2 is 1.90 bits per heavy atom. The number of benzene rings is 1. The second kappa shape index (κ2) is 5.46.